The predicted molar refractivity (Wildman–Crippen MR) is 105 cm³/mol. The van der Waals surface area contributed by atoms with Crippen LogP contribution < -0.4 is 5.32 Å². The highest BCUT2D eigenvalue weighted by atomic mass is 32.2. The van der Waals surface area contributed by atoms with Gasteiger partial charge in [0.15, 0.2) is 6.04 Å². The standard InChI is InChI=1S/C19H20N2O4S2/c1-25-19(24)16(12-7-4-3-5-8-12)21-17(23)15(18(21)26-2)20-14(22)11-13-9-6-10-27-13/h3-10,15-16,18H,11H2,1-2H3,(H,20,22). The molecule has 3 rings (SSSR count). The molecule has 27 heavy (non-hydrogen) atoms. The molecular formula is C19H20N2O4S2. The van der Waals surface area contributed by atoms with Crippen LogP contribution in [-0.4, -0.2) is 47.5 Å². The van der Waals surface area contributed by atoms with Crippen LogP contribution in [0.4, 0.5) is 0 Å². The van der Waals surface area contributed by atoms with Crippen molar-refractivity contribution in [2.24, 2.45) is 0 Å². The first-order valence-corrected chi connectivity index (χ1v) is 10.5. The number of likely N-dealkylation sites (tertiary alicyclic amines) is 1. The number of carbonyl (C=O) groups is 3. The number of hydrogen-bond donors (Lipinski definition) is 1. The molecule has 6 nitrogen and oxygen atoms in total. The quantitative estimate of drug-likeness (QED) is 0.566. The van der Waals surface area contributed by atoms with Gasteiger partial charge in [-0.3, -0.25) is 9.59 Å². The predicted octanol–water partition coefficient (Wildman–Crippen LogP) is 2.22. The lowest BCUT2D eigenvalue weighted by atomic mass is 9.97. The Balaban J connectivity index is 1.75. The number of ether oxygens (including phenoxy) is 1. The third-order valence-electron chi connectivity index (χ3n) is 4.37. The summed E-state index contributed by atoms with van der Waals surface area (Å²) in [6.07, 6.45) is 2.09. The summed E-state index contributed by atoms with van der Waals surface area (Å²) in [7, 11) is 1.30. The molecule has 2 amide bonds. The molecule has 0 bridgehead atoms. The molecule has 0 saturated carbocycles. The molecule has 0 radical (unpaired) electrons. The Kier molecular flexibility index (Phi) is 6.18. The van der Waals surface area contributed by atoms with Crippen LogP contribution in [0.2, 0.25) is 0 Å². The number of nitrogens with one attached hydrogen (secondary N) is 1. The van der Waals surface area contributed by atoms with Gasteiger partial charge in [-0.25, -0.2) is 4.79 Å². The van der Waals surface area contributed by atoms with Crippen molar-refractivity contribution in [2.45, 2.75) is 23.9 Å². The van der Waals surface area contributed by atoms with Gasteiger partial charge in [0.1, 0.15) is 11.4 Å². The van der Waals surface area contributed by atoms with E-state index in [0.29, 0.717) is 5.56 Å². The molecule has 2 aromatic rings. The number of thiophene rings is 1. The molecule has 1 aromatic heterocycles. The van der Waals surface area contributed by atoms with Gasteiger partial charge in [0.2, 0.25) is 11.8 Å². The van der Waals surface area contributed by atoms with Crippen LogP contribution >= 0.6 is 23.1 Å². The number of esters is 1. The van der Waals surface area contributed by atoms with Crippen molar-refractivity contribution < 1.29 is 19.1 Å². The lowest BCUT2D eigenvalue weighted by Gasteiger charge is -2.49. The fourth-order valence-electron chi connectivity index (χ4n) is 3.10. The van der Waals surface area contributed by atoms with Crippen LogP contribution in [0, 0.1) is 0 Å². The van der Waals surface area contributed by atoms with Crippen LogP contribution in [0.3, 0.4) is 0 Å². The number of nitrogens with zero attached hydrogens (tertiary/aromatic N) is 1. The fourth-order valence-corrected chi connectivity index (χ4v) is 4.71. The maximum Gasteiger partial charge on any atom is 0.333 e. The van der Waals surface area contributed by atoms with Crippen molar-refractivity contribution in [2.75, 3.05) is 13.4 Å². The summed E-state index contributed by atoms with van der Waals surface area (Å²) < 4.78 is 4.92. The van der Waals surface area contributed by atoms with Gasteiger partial charge in [0, 0.05) is 4.88 Å². The number of β-lactam (4-membered cyclic amide) rings is 1. The summed E-state index contributed by atoms with van der Waals surface area (Å²) in [6, 6.07) is 11.3. The summed E-state index contributed by atoms with van der Waals surface area (Å²) in [4.78, 5) is 39.9. The number of amides is 2. The van der Waals surface area contributed by atoms with E-state index >= 15 is 0 Å². The Hall–Kier alpha value is -2.32. The normalized spacial score (nSPS) is 19.9. The minimum atomic E-state index is -0.827. The van der Waals surface area contributed by atoms with Crippen molar-refractivity contribution in [3.05, 3.63) is 58.3 Å². The van der Waals surface area contributed by atoms with E-state index in [-0.39, 0.29) is 23.6 Å². The average molecular weight is 405 g/mol. The number of carbonyl (C=O) groups excluding carboxylic acids is 3. The van der Waals surface area contributed by atoms with E-state index in [0.717, 1.165) is 4.88 Å². The third kappa shape index (κ3) is 4.01. The minimum Gasteiger partial charge on any atom is -0.467 e. The Morgan fingerprint density at radius 1 is 1.26 bits per heavy atom. The third-order valence-corrected chi connectivity index (χ3v) is 6.23. The van der Waals surface area contributed by atoms with Crippen molar-refractivity contribution >= 4 is 40.9 Å². The number of thioether (sulfide) groups is 1. The number of rotatable bonds is 7. The van der Waals surface area contributed by atoms with Gasteiger partial charge in [-0.1, -0.05) is 36.4 Å². The van der Waals surface area contributed by atoms with Crippen LogP contribution in [0.15, 0.2) is 47.8 Å². The first kappa shape index (κ1) is 19.4. The Morgan fingerprint density at radius 2 is 2.00 bits per heavy atom. The molecule has 1 aromatic carbocycles. The highest BCUT2D eigenvalue weighted by Gasteiger charge is 2.53. The second-order valence-electron chi connectivity index (χ2n) is 6.01. The van der Waals surface area contributed by atoms with Gasteiger partial charge in [-0.05, 0) is 23.3 Å². The molecule has 142 valence electrons. The molecule has 3 atom stereocenters. The summed E-state index contributed by atoms with van der Waals surface area (Å²) in [6.45, 7) is 0. The largest absolute Gasteiger partial charge is 0.467 e. The second kappa shape index (κ2) is 8.58. The van der Waals surface area contributed by atoms with Crippen molar-refractivity contribution in [1.29, 1.82) is 0 Å². The Labute approximate surface area is 165 Å². The summed E-state index contributed by atoms with van der Waals surface area (Å²) in [5.41, 5.74) is 0.681. The first-order valence-electron chi connectivity index (χ1n) is 8.36. The molecule has 2 heterocycles. The molecule has 0 spiro atoms. The van der Waals surface area contributed by atoms with Crippen LogP contribution in [0.25, 0.3) is 0 Å². The second-order valence-corrected chi connectivity index (χ2v) is 8.00. The van der Waals surface area contributed by atoms with Gasteiger partial charge in [-0.15, -0.1) is 23.1 Å². The van der Waals surface area contributed by atoms with E-state index in [1.807, 2.05) is 42.0 Å². The van der Waals surface area contributed by atoms with Gasteiger partial charge in [0.25, 0.3) is 0 Å². The number of methoxy groups -OCH3 is 1. The smallest absolute Gasteiger partial charge is 0.333 e. The summed E-state index contributed by atoms with van der Waals surface area (Å²) in [5, 5.41) is 4.37. The Bertz CT molecular complexity index is 810. The molecule has 1 aliphatic heterocycles. The van der Waals surface area contributed by atoms with Gasteiger partial charge >= 0.3 is 5.97 Å². The fraction of sp³-hybridized carbons (Fsp3) is 0.316. The van der Waals surface area contributed by atoms with Crippen molar-refractivity contribution in [3.63, 3.8) is 0 Å². The SMILES string of the molecule is COC(=O)C(c1ccccc1)N1C(=O)C(NC(=O)Cc2cccs2)C1SC. The van der Waals surface area contributed by atoms with Crippen molar-refractivity contribution in [3.8, 4) is 0 Å². The van der Waals surface area contributed by atoms with E-state index in [9.17, 15) is 14.4 Å². The minimum absolute atomic E-state index is 0.205. The molecule has 0 aliphatic carbocycles. The highest BCUT2D eigenvalue weighted by Crippen LogP contribution is 2.37. The van der Waals surface area contributed by atoms with E-state index in [1.165, 1.54) is 35.1 Å². The van der Waals surface area contributed by atoms with Gasteiger partial charge in [0.05, 0.1) is 13.5 Å². The zero-order chi connectivity index (χ0) is 19.4. The molecule has 3 unspecified atom stereocenters. The van der Waals surface area contributed by atoms with E-state index in [1.54, 1.807) is 12.1 Å². The Morgan fingerprint density at radius 3 is 2.59 bits per heavy atom. The van der Waals surface area contributed by atoms with Gasteiger partial charge in [-0.2, -0.15) is 0 Å². The van der Waals surface area contributed by atoms with Crippen molar-refractivity contribution in [1.82, 2.24) is 10.2 Å². The molecule has 1 aliphatic rings. The number of benzene rings is 1. The molecule has 1 fully saturated rings. The zero-order valence-electron chi connectivity index (χ0n) is 15.0. The average Bonchev–Trinajstić information content (AvgIpc) is 3.19. The molecule has 1 saturated heterocycles. The van der Waals surface area contributed by atoms with Crippen LogP contribution in [-0.2, 0) is 25.5 Å². The summed E-state index contributed by atoms with van der Waals surface area (Å²) in [5.74, 6) is -0.992. The monoisotopic (exact) mass is 404 g/mol. The molecule has 1 N–H and O–H groups in total. The summed E-state index contributed by atoms with van der Waals surface area (Å²) >= 11 is 2.92. The maximum absolute atomic E-state index is 12.8. The van der Waals surface area contributed by atoms with Crippen LogP contribution in [0.1, 0.15) is 16.5 Å². The van der Waals surface area contributed by atoms with E-state index < -0.39 is 18.1 Å². The number of hydrogen-bond acceptors (Lipinski definition) is 6. The van der Waals surface area contributed by atoms with Crippen LogP contribution in [0.5, 0.6) is 0 Å². The maximum atomic E-state index is 12.8. The lowest BCUT2D eigenvalue weighted by Crippen LogP contribution is -2.70. The van der Waals surface area contributed by atoms with E-state index in [2.05, 4.69) is 5.32 Å². The first-order chi connectivity index (χ1) is 13.1. The topological polar surface area (TPSA) is 75.7 Å². The zero-order valence-corrected chi connectivity index (χ0v) is 16.6. The highest BCUT2D eigenvalue weighted by molar-refractivity contribution is 7.99. The van der Waals surface area contributed by atoms with E-state index in [4.69, 9.17) is 4.74 Å². The molecular weight excluding hydrogens is 384 g/mol. The lowest BCUT2D eigenvalue weighted by molar-refractivity contribution is -0.163. The molecule has 8 heteroatoms. The van der Waals surface area contributed by atoms with Gasteiger partial charge < -0.3 is 15.0 Å².